The van der Waals surface area contributed by atoms with Crippen LogP contribution in [0.2, 0.25) is 5.02 Å². The first-order valence-electron chi connectivity index (χ1n) is 6.88. The number of imidazole rings is 1. The molecule has 2 aromatic heterocycles. The summed E-state index contributed by atoms with van der Waals surface area (Å²) in [5.74, 6) is 7.10. The summed E-state index contributed by atoms with van der Waals surface area (Å²) in [7, 11) is 0. The van der Waals surface area contributed by atoms with E-state index in [4.69, 9.17) is 11.6 Å². The van der Waals surface area contributed by atoms with Crippen LogP contribution in [0.1, 0.15) is 22.8 Å². The fourth-order valence-electron chi connectivity index (χ4n) is 2.16. The van der Waals surface area contributed by atoms with Crippen LogP contribution in [0.25, 0.3) is 5.69 Å². The third kappa shape index (κ3) is 3.19. The third-order valence-electron chi connectivity index (χ3n) is 3.22. The molecule has 3 rings (SSSR count). The molecule has 3 nitrogen and oxygen atoms in total. The number of rotatable bonds is 1. The van der Waals surface area contributed by atoms with Crippen LogP contribution in [0.5, 0.6) is 0 Å². The second-order valence-corrected chi connectivity index (χ2v) is 5.39. The Kier molecular flexibility index (Phi) is 3.95. The van der Waals surface area contributed by atoms with Gasteiger partial charge < -0.3 is 4.57 Å². The summed E-state index contributed by atoms with van der Waals surface area (Å²) in [6.45, 7) is 3.90. The van der Waals surface area contributed by atoms with Gasteiger partial charge in [-0.2, -0.15) is 0 Å². The number of hydrogen-bond donors (Lipinski definition) is 0. The Morgan fingerprint density at radius 3 is 2.55 bits per heavy atom. The highest BCUT2D eigenvalue weighted by Gasteiger charge is 2.04. The van der Waals surface area contributed by atoms with Gasteiger partial charge >= 0.3 is 0 Å². The maximum absolute atomic E-state index is 5.92. The first-order valence-corrected chi connectivity index (χ1v) is 7.26. The molecule has 0 bridgehead atoms. The molecule has 0 saturated carbocycles. The van der Waals surface area contributed by atoms with E-state index in [-0.39, 0.29) is 0 Å². The van der Waals surface area contributed by atoms with E-state index in [1.54, 1.807) is 6.20 Å². The van der Waals surface area contributed by atoms with E-state index >= 15 is 0 Å². The number of benzene rings is 1. The molecule has 0 radical (unpaired) electrons. The fourth-order valence-corrected chi connectivity index (χ4v) is 2.28. The molecule has 0 atom stereocenters. The van der Waals surface area contributed by atoms with Crippen LogP contribution in [0.4, 0.5) is 0 Å². The first-order chi connectivity index (χ1) is 10.6. The van der Waals surface area contributed by atoms with Gasteiger partial charge in [0.2, 0.25) is 0 Å². The van der Waals surface area contributed by atoms with Crippen molar-refractivity contribution in [3.63, 3.8) is 0 Å². The average molecular weight is 308 g/mol. The maximum atomic E-state index is 5.92. The van der Waals surface area contributed by atoms with Crippen LogP contribution in [0.15, 0.2) is 48.8 Å². The Morgan fingerprint density at radius 2 is 1.82 bits per heavy atom. The summed E-state index contributed by atoms with van der Waals surface area (Å²) in [5.41, 5.74) is 3.64. The standard InChI is InChI=1S/C18H14ClN3/c1-13-11-15(9-10-20-13)3-6-17-12-22(14(2)21-17)18-7-4-16(19)5-8-18/h4-5,7-12H,1-2H3. The Labute approximate surface area is 134 Å². The SMILES string of the molecule is Cc1cc(C#Cc2cn(-c3ccc(Cl)cc3)c(C)n2)ccn1. The van der Waals surface area contributed by atoms with E-state index in [1.165, 1.54) is 0 Å². The van der Waals surface area contributed by atoms with Crippen molar-refractivity contribution in [3.05, 3.63) is 76.6 Å². The van der Waals surface area contributed by atoms with Crippen molar-refractivity contribution in [2.24, 2.45) is 0 Å². The smallest absolute Gasteiger partial charge is 0.132 e. The highest BCUT2D eigenvalue weighted by Crippen LogP contribution is 2.15. The molecule has 22 heavy (non-hydrogen) atoms. The molecule has 108 valence electrons. The Bertz CT molecular complexity index is 867. The van der Waals surface area contributed by atoms with Gasteiger partial charge in [0.1, 0.15) is 11.5 Å². The van der Waals surface area contributed by atoms with Crippen molar-refractivity contribution in [2.75, 3.05) is 0 Å². The van der Waals surface area contributed by atoms with Gasteiger partial charge in [-0.25, -0.2) is 4.98 Å². The molecular weight excluding hydrogens is 294 g/mol. The predicted octanol–water partition coefficient (Wildman–Crippen LogP) is 3.94. The van der Waals surface area contributed by atoms with Gasteiger partial charge in [0.25, 0.3) is 0 Å². The lowest BCUT2D eigenvalue weighted by molar-refractivity contribution is 0.975. The molecule has 0 aliphatic carbocycles. The van der Waals surface area contributed by atoms with Gasteiger partial charge in [-0.3, -0.25) is 4.98 Å². The fraction of sp³-hybridized carbons (Fsp3) is 0.111. The zero-order valence-electron chi connectivity index (χ0n) is 12.3. The molecule has 0 N–H and O–H groups in total. The molecule has 3 aromatic rings. The van der Waals surface area contributed by atoms with Crippen LogP contribution < -0.4 is 0 Å². The highest BCUT2D eigenvalue weighted by atomic mass is 35.5. The van der Waals surface area contributed by atoms with Crippen LogP contribution in [0.3, 0.4) is 0 Å². The number of pyridine rings is 1. The van der Waals surface area contributed by atoms with Gasteiger partial charge in [-0.05, 0) is 56.2 Å². The van der Waals surface area contributed by atoms with Crippen LogP contribution in [-0.4, -0.2) is 14.5 Å². The second kappa shape index (κ2) is 6.05. The van der Waals surface area contributed by atoms with E-state index < -0.39 is 0 Å². The minimum absolute atomic E-state index is 0.717. The van der Waals surface area contributed by atoms with E-state index in [9.17, 15) is 0 Å². The Hall–Kier alpha value is -2.57. The lowest BCUT2D eigenvalue weighted by Crippen LogP contribution is -1.94. The lowest BCUT2D eigenvalue weighted by Gasteiger charge is -2.03. The number of aromatic nitrogens is 3. The van der Waals surface area contributed by atoms with Crippen molar-refractivity contribution < 1.29 is 0 Å². The maximum Gasteiger partial charge on any atom is 0.132 e. The molecule has 1 aromatic carbocycles. The molecule has 0 unspecified atom stereocenters. The average Bonchev–Trinajstić information content (AvgIpc) is 2.87. The van der Waals surface area contributed by atoms with Gasteiger partial charge in [-0.15, -0.1) is 0 Å². The number of halogens is 1. The zero-order chi connectivity index (χ0) is 15.5. The van der Waals surface area contributed by atoms with Crippen LogP contribution >= 0.6 is 11.6 Å². The summed E-state index contributed by atoms with van der Waals surface area (Å²) in [6, 6.07) is 11.5. The quantitative estimate of drug-likeness (QED) is 0.638. The largest absolute Gasteiger partial charge is 0.303 e. The molecule has 0 amide bonds. The van der Waals surface area contributed by atoms with Gasteiger partial charge in [0, 0.05) is 34.4 Å². The van der Waals surface area contributed by atoms with Crippen molar-refractivity contribution >= 4 is 11.6 Å². The minimum atomic E-state index is 0.717. The van der Waals surface area contributed by atoms with Crippen molar-refractivity contribution in [2.45, 2.75) is 13.8 Å². The molecule has 0 aliphatic rings. The molecule has 2 heterocycles. The van der Waals surface area contributed by atoms with E-state index in [1.807, 2.05) is 61.0 Å². The Balaban J connectivity index is 1.91. The zero-order valence-corrected chi connectivity index (χ0v) is 13.1. The van der Waals surface area contributed by atoms with Crippen molar-refractivity contribution in [3.8, 4) is 17.5 Å². The highest BCUT2D eigenvalue weighted by molar-refractivity contribution is 6.30. The molecular formula is C18H14ClN3. The summed E-state index contributed by atoms with van der Waals surface area (Å²) in [6.07, 6.45) is 3.69. The first kappa shape index (κ1) is 14.4. The Morgan fingerprint density at radius 1 is 1.05 bits per heavy atom. The van der Waals surface area contributed by atoms with Crippen LogP contribution in [-0.2, 0) is 0 Å². The second-order valence-electron chi connectivity index (χ2n) is 4.96. The van der Waals surface area contributed by atoms with E-state index in [0.29, 0.717) is 0 Å². The van der Waals surface area contributed by atoms with Gasteiger partial charge in [-0.1, -0.05) is 17.5 Å². The summed E-state index contributed by atoms with van der Waals surface area (Å²) in [5, 5.41) is 0.717. The molecule has 4 heteroatoms. The minimum Gasteiger partial charge on any atom is -0.303 e. The lowest BCUT2D eigenvalue weighted by atomic mass is 10.2. The van der Waals surface area contributed by atoms with Gasteiger partial charge in [0.15, 0.2) is 0 Å². The summed E-state index contributed by atoms with van der Waals surface area (Å²) < 4.78 is 2.00. The normalized spacial score (nSPS) is 10.1. The van der Waals surface area contributed by atoms with E-state index in [2.05, 4.69) is 21.8 Å². The summed E-state index contributed by atoms with van der Waals surface area (Å²) in [4.78, 5) is 8.65. The number of aryl methyl sites for hydroxylation is 2. The predicted molar refractivity (Wildman–Crippen MR) is 88.3 cm³/mol. The van der Waals surface area contributed by atoms with Crippen molar-refractivity contribution in [1.82, 2.24) is 14.5 Å². The van der Waals surface area contributed by atoms with Crippen molar-refractivity contribution in [1.29, 1.82) is 0 Å². The van der Waals surface area contributed by atoms with Gasteiger partial charge in [0.05, 0.1) is 0 Å². The topological polar surface area (TPSA) is 30.7 Å². The molecule has 0 spiro atoms. The monoisotopic (exact) mass is 307 g/mol. The summed E-state index contributed by atoms with van der Waals surface area (Å²) >= 11 is 5.92. The van der Waals surface area contributed by atoms with E-state index in [0.717, 1.165) is 33.5 Å². The van der Waals surface area contributed by atoms with Crippen LogP contribution in [0, 0.1) is 25.7 Å². The molecule has 0 saturated heterocycles. The number of hydrogen-bond acceptors (Lipinski definition) is 2. The third-order valence-corrected chi connectivity index (χ3v) is 3.47. The number of nitrogens with zero attached hydrogens (tertiary/aromatic N) is 3. The molecule has 0 fully saturated rings. The molecule has 0 aliphatic heterocycles.